The van der Waals surface area contributed by atoms with Crippen LogP contribution in [0.5, 0.6) is 0 Å². The summed E-state index contributed by atoms with van der Waals surface area (Å²) < 4.78 is 44.6. The summed E-state index contributed by atoms with van der Waals surface area (Å²) in [6, 6.07) is 0. The maximum atomic E-state index is 12.8. The third-order valence-corrected chi connectivity index (χ3v) is 3.35. The lowest BCUT2D eigenvalue weighted by Crippen LogP contribution is -2.42. The number of nitrogens with zero attached hydrogens (tertiary/aromatic N) is 4. The van der Waals surface area contributed by atoms with Gasteiger partial charge in [-0.1, -0.05) is 5.16 Å². The van der Waals surface area contributed by atoms with Crippen molar-refractivity contribution in [1.29, 1.82) is 0 Å². The Bertz CT molecular complexity index is 829. The number of halogens is 3. The molecule has 7 nitrogen and oxygen atoms in total. The molecule has 2 heterocycles. The van der Waals surface area contributed by atoms with Gasteiger partial charge in [-0.2, -0.15) is 18.2 Å². The summed E-state index contributed by atoms with van der Waals surface area (Å²) in [5, 5.41) is 3.60. The van der Waals surface area contributed by atoms with E-state index in [-0.39, 0.29) is 11.7 Å². The van der Waals surface area contributed by atoms with E-state index in [1.807, 2.05) is 0 Å². The van der Waals surface area contributed by atoms with Crippen LogP contribution in [0.15, 0.2) is 20.3 Å². The van der Waals surface area contributed by atoms with E-state index >= 15 is 0 Å². The summed E-state index contributed by atoms with van der Waals surface area (Å²) in [6.07, 6.45) is -2.55. The fourth-order valence-corrected chi connectivity index (χ4v) is 2.03. The second kappa shape index (κ2) is 4.82. The van der Waals surface area contributed by atoms with Crippen molar-refractivity contribution in [3.63, 3.8) is 0 Å². The quantitative estimate of drug-likeness (QED) is 0.839. The molecule has 0 unspecified atom stereocenters. The maximum absolute atomic E-state index is 12.8. The molecule has 2 aromatic heterocycles. The zero-order valence-electron chi connectivity index (χ0n) is 11.4. The van der Waals surface area contributed by atoms with Crippen LogP contribution in [0.1, 0.15) is 36.0 Å². The SMILES string of the molecule is Cn1cc(C(F)(F)F)c(=O)n(Cc2noc(C3CC3)n2)c1=O. The highest BCUT2D eigenvalue weighted by atomic mass is 19.4. The summed E-state index contributed by atoms with van der Waals surface area (Å²) in [5.41, 5.74) is -3.72. The minimum absolute atomic E-state index is 0.000393. The number of alkyl halides is 3. The molecule has 0 saturated heterocycles. The number of aromatic nitrogens is 4. The van der Waals surface area contributed by atoms with Crippen LogP contribution >= 0.6 is 0 Å². The second-order valence-corrected chi connectivity index (χ2v) is 5.15. The number of rotatable bonds is 3. The Morgan fingerprint density at radius 1 is 1.36 bits per heavy atom. The topological polar surface area (TPSA) is 82.9 Å². The molecular weight excluding hydrogens is 305 g/mol. The average Bonchev–Trinajstić information content (AvgIpc) is 3.18. The lowest BCUT2D eigenvalue weighted by Gasteiger charge is -2.10. The van der Waals surface area contributed by atoms with Gasteiger partial charge in [-0.15, -0.1) is 0 Å². The van der Waals surface area contributed by atoms with E-state index in [0.29, 0.717) is 21.2 Å². The van der Waals surface area contributed by atoms with Crippen molar-refractivity contribution in [3.8, 4) is 0 Å². The van der Waals surface area contributed by atoms with Gasteiger partial charge in [0, 0.05) is 19.2 Å². The first-order valence-electron chi connectivity index (χ1n) is 6.47. The highest BCUT2D eigenvalue weighted by Crippen LogP contribution is 2.38. The molecule has 3 rings (SSSR count). The van der Waals surface area contributed by atoms with Gasteiger partial charge in [-0.25, -0.2) is 4.79 Å². The lowest BCUT2D eigenvalue weighted by atomic mass is 10.3. The van der Waals surface area contributed by atoms with Crippen molar-refractivity contribution in [2.24, 2.45) is 7.05 Å². The monoisotopic (exact) mass is 316 g/mol. The number of hydrogen-bond acceptors (Lipinski definition) is 5. The molecule has 0 spiro atoms. The third kappa shape index (κ3) is 2.55. The molecule has 1 aliphatic carbocycles. The minimum atomic E-state index is -4.85. The third-order valence-electron chi connectivity index (χ3n) is 3.35. The molecule has 22 heavy (non-hydrogen) atoms. The van der Waals surface area contributed by atoms with E-state index < -0.39 is 29.5 Å². The summed E-state index contributed by atoms with van der Waals surface area (Å²) in [5.74, 6) is 0.551. The molecule has 118 valence electrons. The zero-order valence-corrected chi connectivity index (χ0v) is 11.4. The predicted molar refractivity (Wildman–Crippen MR) is 66.3 cm³/mol. The Balaban J connectivity index is 2.03. The van der Waals surface area contributed by atoms with E-state index in [4.69, 9.17) is 4.52 Å². The highest BCUT2D eigenvalue weighted by molar-refractivity contribution is 5.11. The van der Waals surface area contributed by atoms with Crippen molar-refractivity contribution in [2.45, 2.75) is 31.5 Å². The Kier molecular flexibility index (Phi) is 3.18. The van der Waals surface area contributed by atoms with Crippen LogP contribution in [0.4, 0.5) is 13.2 Å². The molecule has 0 amide bonds. The molecule has 1 aliphatic rings. The number of hydrogen-bond donors (Lipinski definition) is 0. The minimum Gasteiger partial charge on any atom is -0.339 e. The molecule has 0 N–H and O–H groups in total. The van der Waals surface area contributed by atoms with Gasteiger partial charge >= 0.3 is 11.9 Å². The van der Waals surface area contributed by atoms with Gasteiger partial charge in [-0.05, 0) is 12.8 Å². The van der Waals surface area contributed by atoms with Gasteiger partial charge in [0.05, 0.1) is 6.54 Å². The molecule has 1 saturated carbocycles. The van der Waals surface area contributed by atoms with Crippen LogP contribution in [0.3, 0.4) is 0 Å². The van der Waals surface area contributed by atoms with Gasteiger partial charge in [0.25, 0.3) is 5.56 Å². The molecule has 0 aromatic carbocycles. The highest BCUT2D eigenvalue weighted by Gasteiger charge is 2.36. The van der Waals surface area contributed by atoms with Gasteiger partial charge < -0.3 is 9.09 Å². The molecule has 10 heteroatoms. The van der Waals surface area contributed by atoms with Gasteiger partial charge in [0.1, 0.15) is 5.56 Å². The van der Waals surface area contributed by atoms with Crippen molar-refractivity contribution in [3.05, 3.63) is 44.3 Å². The fourth-order valence-electron chi connectivity index (χ4n) is 2.03. The normalized spacial score (nSPS) is 15.3. The second-order valence-electron chi connectivity index (χ2n) is 5.15. The molecule has 0 aliphatic heterocycles. The molecule has 2 aromatic rings. The summed E-state index contributed by atoms with van der Waals surface area (Å²) in [7, 11) is 1.14. The van der Waals surface area contributed by atoms with E-state index in [1.54, 1.807) is 0 Å². The van der Waals surface area contributed by atoms with E-state index in [2.05, 4.69) is 10.1 Å². The van der Waals surface area contributed by atoms with Crippen molar-refractivity contribution in [2.75, 3.05) is 0 Å². The largest absolute Gasteiger partial charge is 0.423 e. The Labute approximate surface area is 121 Å². The van der Waals surface area contributed by atoms with Crippen molar-refractivity contribution in [1.82, 2.24) is 19.3 Å². The lowest BCUT2D eigenvalue weighted by molar-refractivity contribution is -0.139. The smallest absolute Gasteiger partial charge is 0.339 e. The van der Waals surface area contributed by atoms with Crippen LogP contribution in [-0.4, -0.2) is 19.3 Å². The average molecular weight is 316 g/mol. The first-order chi connectivity index (χ1) is 10.3. The number of aryl methyl sites for hydroxylation is 1. The maximum Gasteiger partial charge on any atom is 0.423 e. The van der Waals surface area contributed by atoms with Gasteiger partial charge in [-0.3, -0.25) is 9.36 Å². The standard InChI is InChI=1S/C12H11F3N4O3/c1-18-4-7(12(13,14)15)10(20)19(11(18)21)5-8-16-9(22-17-8)6-2-3-6/h4,6H,2-3,5H2,1H3. The predicted octanol–water partition coefficient (Wildman–Crippen LogP) is 0.874. The Morgan fingerprint density at radius 3 is 2.64 bits per heavy atom. The molecule has 1 fully saturated rings. The van der Waals surface area contributed by atoms with Crippen molar-refractivity contribution < 1.29 is 17.7 Å². The summed E-state index contributed by atoms with van der Waals surface area (Å²) in [4.78, 5) is 27.8. The van der Waals surface area contributed by atoms with Gasteiger partial charge in [0.2, 0.25) is 5.89 Å². The first kappa shape index (κ1) is 14.5. The van der Waals surface area contributed by atoms with Crippen molar-refractivity contribution >= 4 is 0 Å². The van der Waals surface area contributed by atoms with Crippen LogP contribution in [-0.2, 0) is 19.8 Å². The zero-order chi connectivity index (χ0) is 16.1. The molecule has 0 atom stereocenters. The molecule has 0 radical (unpaired) electrons. The van der Waals surface area contributed by atoms with E-state index in [1.165, 1.54) is 0 Å². The summed E-state index contributed by atoms with van der Waals surface area (Å²) >= 11 is 0. The van der Waals surface area contributed by atoms with Crippen LogP contribution in [0, 0.1) is 0 Å². The molecule has 0 bridgehead atoms. The van der Waals surface area contributed by atoms with E-state index in [0.717, 1.165) is 19.9 Å². The van der Waals surface area contributed by atoms with E-state index in [9.17, 15) is 22.8 Å². The first-order valence-corrected chi connectivity index (χ1v) is 6.47. The van der Waals surface area contributed by atoms with Crippen LogP contribution in [0.2, 0.25) is 0 Å². The Morgan fingerprint density at radius 2 is 2.05 bits per heavy atom. The summed E-state index contributed by atoms with van der Waals surface area (Å²) in [6.45, 7) is -0.467. The molecular formula is C12H11F3N4O3. The van der Waals surface area contributed by atoms with Crippen LogP contribution in [0.25, 0.3) is 0 Å². The van der Waals surface area contributed by atoms with Crippen LogP contribution < -0.4 is 11.2 Å². The Hall–Kier alpha value is -2.39. The van der Waals surface area contributed by atoms with Gasteiger partial charge in [0.15, 0.2) is 5.82 Å². The fraction of sp³-hybridized carbons (Fsp3) is 0.500.